The van der Waals surface area contributed by atoms with Crippen molar-refractivity contribution in [2.24, 2.45) is 0 Å². The molecule has 2 aromatic rings. The first kappa shape index (κ1) is 17.6. The standard InChI is InChI=1S/C17H18F2N2O3S/c1-24-14-9-10-21(11-14)13-7-5-12(6-8-13)20-25(22,23)17-15(18)3-2-4-16(17)19/h2-8,14,20H,9-11H2,1H3/t14-/m0/s1. The fraction of sp³-hybridized carbons (Fsp3) is 0.294. The van der Waals surface area contributed by atoms with Gasteiger partial charge in [-0.2, -0.15) is 0 Å². The highest BCUT2D eigenvalue weighted by atomic mass is 32.2. The van der Waals surface area contributed by atoms with Gasteiger partial charge in [0.1, 0.15) is 11.6 Å². The van der Waals surface area contributed by atoms with Crippen molar-refractivity contribution in [1.82, 2.24) is 0 Å². The van der Waals surface area contributed by atoms with Gasteiger partial charge in [0.25, 0.3) is 10.0 Å². The van der Waals surface area contributed by atoms with E-state index in [2.05, 4.69) is 9.62 Å². The highest BCUT2D eigenvalue weighted by Crippen LogP contribution is 2.25. The molecular weight excluding hydrogens is 350 g/mol. The highest BCUT2D eigenvalue weighted by molar-refractivity contribution is 7.92. The Kier molecular flexibility index (Phi) is 4.91. The monoisotopic (exact) mass is 368 g/mol. The zero-order valence-electron chi connectivity index (χ0n) is 13.6. The Morgan fingerprint density at radius 2 is 1.76 bits per heavy atom. The highest BCUT2D eigenvalue weighted by Gasteiger charge is 2.25. The summed E-state index contributed by atoms with van der Waals surface area (Å²) < 4.78 is 59.4. The minimum atomic E-state index is -4.35. The van der Waals surface area contributed by atoms with E-state index in [1.807, 2.05) is 0 Å². The predicted molar refractivity (Wildman–Crippen MR) is 91.2 cm³/mol. The Hall–Kier alpha value is -2.19. The second-order valence-electron chi connectivity index (χ2n) is 5.80. The topological polar surface area (TPSA) is 58.6 Å². The summed E-state index contributed by atoms with van der Waals surface area (Å²) in [5.41, 5.74) is 1.16. The summed E-state index contributed by atoms with van der Waals surface area (Å²) in [7, 11) is -2.68. The normalized spacial score (nSPS) is 17.7. The molecule has 1 fully saturated rings. The Morgan fingerprint density at radius 1 is 1.12 bits per heavy atom. The molecule has 1 heterocycles. The van der Waals surface area contributed by atoms with Crippen LogP contribution in [0.15, 0.2) is 47.4 Å². The second kappa shape index (κ2) is 6.97. The van der Waals surface area contributed by atoms with Gasteiger partial charge in [0.2, 0.25) is 0 Å². The molecular formula is C17H18F2N2O3S. The van der Waals surface area contributed by atoms with Gasteiger partial charge in [0.15, 0.2) is 4.90 Å². The van der Waals surface area contributed by atoms with Gasteiger partial charge in [0.05, 0.1) is 6.10 Å². The Balaban J connectivity index is 1.77. The Morgan fingerprint density at radius 3 is 2.32 bits per heavy atom. The minimum absolute atomic E-state index is 0.183. The van der Waals surface area contributed by atoms with Gasteiger partial charge in [-0.3, -0.25) is 4.72 Å². The quantitative estimate of drug-likeness (QED) is 0.882. The van der Waals surface area contributed by atoms with Gasteiger partial charge in [-0.15, -0.1) is 0 Å². The van der Waals surface area contributed by atoms with Crippen LogP contribution in [0.5, 0.6) is 0 Å². The van der Waals surface area contributed by atoms with Crippen LogP contribution in [-0.2, 0) is 14.8 Å². The molecule has 25 heavy (non-hydrogen) atoms. The molecule has 2 aromatic carbocycles. The van der Waals surface area contributed by atoms with Crippen LogP contribution >= 0.6 is 0 Å². The molecule has 3 rings (SSSR count). The molecule has 1 aliphatic rings. The molecule has 0 bridgehead atoms. The zero-order chi connectivity index (χ0) is 18.0. The van der Waals surface area contributed by atoms with E-state index in [-0.39, 0.29) is 11.8 Å². The van der Waals surface area contributed by atoms with Crippen molar-refractivity contribution >= 4 is 21.4 Å². The van der Waals surface area contributed by atoms with Crippen molar-refractivity contribution < 1.29 is 21.9 Å². The number of nitrogens with zero attached hydrogens (tertiary/aromatic N) is 1. The van der Waals surface area contributed by atoms with Crippen molar-refractivity contribution in [3.8, 4) is 0 Å². The lowest BCUT2D eigenvalue weighted by molar-refractivity contribution is 0.121. The zero-order valence-corrected chi connectivity index (χ0v) is 14.4. The number of halogens is 2. The first-order valence-electron chi connectivity index (χ1n) is 7.75. The van der Waals surface area contributed by atoms with Crippen LogP contribution in [0.25, 0.3) is 0 Å². The summed E-state index contributed by atoms with van der Waals surface area (Å²) >= 11 is 0. The lowest BCUT2D eigenvalue weighted by Gasteiger charge is -2.19. The van der Waals surface area contributed by atoms with Gasteiger partial charge >= 0.3 is 0 Å². The van der Waals surface area contributed by atoms with E-state index in [1.54, 1.807) is 31.4 Å². The lowest BCUT2D eigenvalue weighted by Crippen LogP contribution is -2.22. The third kappa shape index (κ3) is 3.74. The molecule has 1 atom stereocenters. The maximum atomic E-state index is 13.7. The average molecular weight is 368 g/mol. The van der Waals surface area contributed by atoms with E-state index < -0.39 is 26.6 Å². The molecule has 1 aliphatic heterocycles. The number of methoxy groups -OCH3 is 1. The van der Waals surface area contributed by atoms with Crippen LogP contribution in [0, 0.1) is 11.6 Å². The molecule has 0 amide bonds. The average Bonchev–Trinajstić information content (AvgIpc) is 3.04. The molecule has 1 N–H and O–H groups in total. The molecule has 134 valence electrons. The summed E-state index contributed by atoms with van der Waals surface area (Å²) in [5.74, 6) is -2.27. The Labute approximate surface area is 145 Å². The van der Waals surface area contributed by atoms with Crippen LogP contribution in [0.3, 0.4) is 0 Å². The molecule has 0 unspecified atom stereocenters. The third-order valence-corrected chi connectivity index (χ3v) is 5.58. The van der Waals surface area contributed by atoms with Crippen LogP contribution in [0.1, 0.15) is 6.42 Å². The molecule has 1 saturated heterocycles. The maximum absolute atomic E-state index is 13.7. The van der Waals surface area contributed by atoms with Crippen LogP contribution in [0.4, 0.5) is 20.2 Å². The lowest BCUT2D eigenvalue weighted by atomic mass is 10.2. The number of benzene rings is 2. The smallest absolute Gasteiger partial charge is 0.267 e. The molecule has 0 saturated carbocycles. The van der Waals surface area contributed by atoms with Crippen LogP contribution < -0.4 is 9.62 Å². The fourth-order valence-electron chi connectivity index (χ4n) is 2.84. The molecule has 8 heteroatoms. The van der Waals surface area contributed by atoms with Gasteiger partial charge in [-0.05, 0) is 42.8 Å². The number of hydrogen-bond acceptors (Lipinski definition) is 4. The molecule has 0 radical (unpaired) electrons. The number of rotatable bonds is 5. The number of sulfonamides is 1. The van der Waals surface area contributed by atoms with Crippen molar-refractivity contribution in [1.29, 1.82) is 0 Å². The molecule has 0 aliphatic carbocycles. The molecule has 0 aromatic heterocycles. The molecule has 0 spiro atoms. The Bertz CT molecular complexity index is 836. The van der Waals surface area contributed by atoms with Crippen molar-refractivity contribution in [3.05, 3.63) is 54.1 Å². The van der Waals surface area contributed by atoms with Crippen molar-refractivity contribution in [2.75, 3.05) is 29.8 Å². The van der Waals surface area contributed by atoms with Gasteiger partial charge < -0.3 is 9.64 Å². The summed E-state index contributed by atoms with van der Waals surface area (Å²) in [5, 5.41) is 0. The van der Waals surface area contributed by atoms with Gasteiger partial charge in [-0.1, -0.05) is 6.07 Å². The van der Waals surface area contributed by atoms with E-state index in [1.165, 1.54) is 0 Å². The summed E-state index contributed by atoms with van der Waals surface area (Å²) in [6, 6.07) is 9.56. The van der Waals surface area contributed by atoms with Gasteiger partial charge in [0, 0.05) is 31.6 Å². The summed E-state index contributed by atoms with van der Waals surface area (Å²) in [4.78, 5) is 1.14. The minimum Gasteiger partial charge on any atom is -0.380 e. The number of nitrogens with one attached hydrogen (secondary N) is 1. The largest absolute Gasteiger partial charge is 0.380 e. The maximum Gasteiger partial charge on any atom is 0.267 e. The first-order valence-corrected chi connectivity index (χ1v) is 9.23. The summed E-state index contributed by atoms with van der Waals surface area (Å²) in [6.07, 6.45) is 1.11. The molecule has 5 nitrogen and oxygen atoms in total. The van der Waals surface area contributed by atoms with E-state index >= 15 is 0 Å². The van der Waals surface area contributed by atoms with E-state index in [9.17, 15) is 17.2 Å². The second-order valence-corrected chi connectivity index (χ2v) is 7.41. The van der Waals surface area contributed by atoms with Crippen molar-refractivity contribution in [2.45, 2.75) is 17.4 Å². The van der Waals surface area contributed by atoms with E-state index in [0.29, 0.717) is 0 Å². The van der Waals surface area contributed by atoms with E-state index in [4.69, 9.17) is 4.74 Å². The third-order valence-electron chi connectivity index (χ3n) is 4.15. The summed E-state index contributed by atoms with van der Waals surface area (Å²) in [6.45, 7) is 1.62. The van der Waals surface area contributed by atoms with Crippen molar-refractivity contribution in [3.63, 3.8) is 0 Å². The number of hydrogen-bond donors (Lipinski definition) is 1. The SMILES string of the molecule is CO[C@H]1CCN(c2ccc(NS(=O)(=O)c3c(F)cccc3F)cc2)C1. The fourth-order valence-corrected chi connectivity index (χ4v) is 4.04. The van der Waals surface area contributed by atoms with E-state index in [0.717, 1.165) is 43.4 Å². The van der Waals surface area contributed by atoms with Gasteiger partial charge in [-0.25, -0.2) is 17.2 Å². The first-order chi connectivity index (χ1) is 11.9. The number of ether oxygens (including phenoxy) is 1. The number of anilines is 2. The van der Waals surface area contributed by atoms with Crippen LogP contribution in [-0.4, -0.2) is 34.7 Å². The van der Waals surface area contributed by atoms with Crippen LogP contribution in [0.2, 0.25) is 0 Å². The predicted octanol–water partition coefficient (Wildman–Crippen LogP) is 2.99.